The molecule has 2 aromatic heterocycles. The van der Waals surface area contributed by atoms with Crippen LogP contribution in [0.4, 0.5) is 5.69 Å². The molecule has 1 amide bonds. The first kappa shape index (κ1) is 25.5. The number of ether oxygens (including phenoxy) is 1. The van der Waals surface area contributed by atoms with Crippen LogP contribution in [0.25, 0.3) is 16.8 Å². The number of carbonyl (C=O) groups is 1. The number of hydrogen-bond donors (Lipinski definition) is 3. The molecule has 1 fully saturated rings. The Hall–Kier alpha value is -2.64. The Labute approximate surface area is 208 Å². The Morgan fingerprint density at radius 1 is 1.31 bits per heavy atom. The van der Waals surface area contributed by atoms with Crippen LogP contribution in [0.3, 0.4) is 0 Å². The van der Waals surface area contributed by atoms with Crippen molar-refractivity contribution in [3.8, 4) is 11.3 Å². The molecule has 1 aliphatic carbocycles. The lowest BCUT2D eigenvalue weighted by Crippen LogP contribution is -2.35. The van der Waals surface area contributed by atoms with Crippen LogP contribution in [0.15, 0.2) is 36.5 Å². The van der Waals surface area contributed by atoms with Crippen LogP contribution in [-0.2, 0) is 14.8 Å². The molecule has 10 nitrogen and oxygen atoms in total. The maximum Gasteiger partial charge on any atom is 0.479 e. The van der Waals surface area contributed by atoms with Crippen LogP contribution >= 0.6 is 11.6 Å². The van der Waals surface area contributed by atoms with Gasteiger partial charge in [0, 0.05) is 17.6 Å². The van der Waals surface area contributed by atoms with Crippen LogP contribution in [0.2, 0.25) is 5.02 Å². The summed E-state index contributed by atoms with van der Waals surface area (Å²) in [5, 5.41) is 25.8. The first-order valence-corrected chi connectivity index (χ1v) is 13.3. The van der Waals surface area contributed by atoms with Crippen molar-refractivity contribution in [2.75, 3.05) is 37.3 Å². The molecule has 1 aliphatic rings. The lowest BCUT2D eigenvalue weighted by molar-refractivity contribution is 0.0965. The van der Waals surface area contributed by atoms with Crippen LogP contribution < -0.4 is 9.62 Å². The molecule has 0 aliphatic heterocycles. The van der Waals surface area contributed by atoms with Gasteiger partial charge >= 0.3 is 7.12 Å². The van der Waals surface area contributed by atoms with Gasteiger partial charge in [0.15, 0.2) is 0 Å². The van der Waals surface area contributed by atoms with Crippen molar-refractivity contribution in [3.05, 3.63) is 52.7 Å². The van der Waals surface area contributed by atoms with Gasteiger partial charge in [-0.25, -0.2) is 12.9 Å². The summed E-state index contributed by atoms with van der Waals surface area (Å²) < 4.78 is 33.4. The lowest BCUT2D eigenvalue weighted by atomic mass is 9.95. The topological polar surface area (TPSA) is 133 Å². The van der Waals surface area contributed by atoms with E-state index in [1.54, 1.807) is 37.5 Å². The van der Waals surface area contributed by atoms with Gasteiger partial charge in [-0.3, -0.25) is 9.10 Å². The summed E-state index contributed by atoms with van der Waals surface area (Å²) >= 11 is 6.03. The van der Waals surface area contributed by atoms with Crippen LogP contribution in [0, 0.1) is 0 Å². The highest BCUT2D eigenvalue weighted by Gasteiger charge is 2.32. The monoisotopic (exact) mass is 520 g/mol. The summed E-state index contributed by atoms with van der Waals surface area (Å²) in [6, 6.07) is 8.80. The number of amides is 1. The average Bonchev–Trinajstić information content (AvgIpc) is 3.57. The number of anilines is 1. The van der Waals surface area contributed by atoms with E-state index in [-0.39, 0.29) is 31.5 Å². The second kappa shape index (κ2) is 10.2. The molecule has 1 aromatic carbocycles. The second-order valence-electron chi connectivity index (χ2n) is 8.42. The minimum atomic E-state index is -3.70. The Kier molecular flexibility index (Phi) is 7.39. The van der Waals surface area contributed by atoms with E-state index in [0.29, 0.717) is 33.0 Å². The van der Waals surface area contributed by atoms with E-state index in [9.17, 15) is 13.2 Å². The highest BCUT2D eigenvalue weighted by atomic mass is 35.5. The summed E-state index contributed by atoms with van der Waals surface area (Å²) in [5.41, 5.74) is 3.35. The van der Waals surface area contributed by atoms with E-state index >= 15 is 0 Å². The predicted octanol–water partition coefficient (Wildman–Crippen LogP) is 1.69. The van der Waals surface area contributed by atoms with Crippen molar-refractivity contribution in [2.45, 2.75) is 18.8 Å². The van der Waals surface area contributed by atoms with E-state index in [2.05, 4.69) is 10.4 Å². The van der Waals surface area contributed by atoms with Gasteiger partial charge in [0.05, 0.1) is 48.9 Å². The highest BCUT2D eigenvalue weighted by Crippen LogP contribution is 2.46. The quantitative estimate of drug-likeness (QED) is 0.274. The molecule has 0 radical (unpaired) electrons. The Morgan fingerprint density at radius 3 is 2.57 bits per heavy atom. The predicted molar refractivity (Wildman–Crippen MR) is 134 cm³/mol. The first-order chi connectivity index (χ1) is 16.6. The minimum Gasteiger partial charge on any atom is -0.426 e. The second-order valence-corrected chi connectivity index (χ2v) is 10.8. The highest BCUT2D eigenvalue weighted by molar-refractivity contribution is 7.92. The maximum absolute atomic E-state index is 12.9. The summed E-state index contributed by atoms with van der Waals surface area (Å²) in [4.78, 5) is 12.9. The molecule has 186 valence electrons. The molecular formula is C22H26BClN4O6S. The third-order valence-corrected chi connectivity index (χ3v) is 7.18. The Morgan fingerprint density at radius 2 is 2.00 bits per heavy atom. The van der Waals surface area contributed by atoms with Gasteiger partial charge in [-0.05, 0) is 42.5 Å². The normalized spacial score (nSPS) is 13.7. The number of rotatable bonds is 10. The SMILES string of the molecule is CNC(=O)c1c(-c2ccc(Cl)cc2)nn2cc(N(CCOCB(O)O)S(C)(=O)=O)c(C3CC3)cc12. The molecule has 4 rings (SSSR count). The van der Waals surface area contributed by atoms with E-state index in [0.717, 1.165) is 24.7 Å². The van der Waals surface area contributed by atoms with Crippen LogP contribution in [0.5, 0.6) is 0 Å². The molecule has 0 unspecified atom stereocenters. The number of benzene rings is 1. The molecule has 0 saturated heterocycles. The molecule has 2 heterocycles. The van der Waals surface area contributed by atoms with Crippen molar-refractivity contribution < 1.29 is 28.0 Å². The summed E-state index contributed by atoms with van der Waals surface area (Å²) in [6.45, 7) is -0.388. The van der Waals surface area contributed by atoms with Gasteiger partial charge in [-0.1, -0.05) is 23.7 Å². The Bertz CT molecular complexity index is 1340. The Balaban J connectivity index is 1.86. The molecule has 3 aromatic rings. The van der Waals surface area contributed by atoms with Gasteiger partial charge in [-0.2, -0.15) is 5.10 Å². The number of halogens is 1. The van der Waals surface area contributed by atoms with Crippen molar-refractivity contribution in [3.63, 3.8) is 0 Å². The van der Waals surface area contributed by atoms with Gasteiger partial charge in [0.2, 0.25) is 10.0 Å². The largest absolute Gasteiger partial charge is 0.479 e. The number of nitrogens with one attached hydrogen (secondary N) is 1. The number of hydrogen-bond acceptors (Lipinski definition) is 7. The summed E-state index contributed by atoms with van der Waals surface area (Å²) in [6.07, 6.45) is 4.53. The fraction of sp³-hybridized carbons (Fsp3) is 0.364. The molecular weight excluding hydrogens is 495 g/mol. The van der Waals surface area contributed by atoms with Crippen molar-refractivity contribution in [1.82, 2.24) is 14.9 Å². The fourth-order valence-corrected chi connectivity index (χ4v) is 5.03. The molecule has 0 spiro atoms. The molecule has 3 N–H and O–H groups in total. The summed E-state index contributed by atoms with van der Waals surface area (Å²) in [7, 11) is -3.80. The van der Waals surface area contributed by atoms with E-state index < -0.39 is 17.1 Å². The minimum absolute atomic E-state index is 0.0234. The van der Waals surface area contributed by atoms with Crippen molar-refractivity contribution >= 4 is 45.9 Å². The average molecular weight is 521 g/mol. The number of sulfonamides is 1. The van der Waals surface area contributed by atoms with Crippen LogP contribution in [-0.4, -0.2) is 74.1 Å². The van der Waals surface area contributed by atoms with Gasteiger partial charge < -0.3 is 20.1 Å². The smallest absolute Gasteiger partial charge is 0.426 e. The van der Waals surface area contributed by atoms with E-state index in [4.69, 9.17) is 26.4 Å². The lowest BCUT2D eigenvalue weighted by Gasteiger charge is -2.25. The molecule has 13 heteroatoms. The zero-order valence-electron chi connectivity index (χ0n) is 19.3. The van der Waals surface area contributed by atoms with Crippen molar-refractivity contribution in [2.24, 2.45) is 0 Å². The standard InChI is InChI=1S/C22H26BClN4O6S/c1-25-22(29)20-18-11-17(14-3-4-14)19(28(35(2,32)33)9-10-34-13-23(30)31)12-27(18)26-21(20)15-5-7-16(24)8-6-15/h5-8,11-12,14,30-31H,3-4,9-10,13H2,1-2H3,(H,25,29). The van der Waals surface area contributed by atoms with Gasteiger partial charge in [0.1, 0.15) is 5.69 Å². The fourth-order valence-electron chi connectivity index (χ4n) is 3.99. The van der Waals surface area contributed by atoms with Crippen LogP contribution in [0.1, 0.15) is 34.7 Å². The number of fused-ring (bicyclic) bond motifs is 1. The van der Waals surface area contributed by atoms with E-state index in [1.807, 2.05) is 6.07 Å². The first-order valence-electron chi connectivity index (χ1n) is 11.1. The number of nitrogens with zero attached hydrogens (tertiary/aromatic N) is 3. The summed E-state index contributed by atoms with van der Waals surface area (Å²) in [5.74, 6) is -0.152. The number of carbonyl (C=O) groups excluding carboxylic acids is 1. The van der Waals surface area contributed by atoms with Gasteiger partial charge in [-0.15, -0.1) is 0 Å². The van der Waals surface area contributed by atoms with Crippen molar-refractivity contribution in [1.29, 1.82) is 0 Å². The van der Waals surface area contributed by atoms with Gasteiger partial charge in [0.25, 0.3) is 5.91 Å². The number of aromatic nitrogens is 2. The zero-order chi connectivity index (χ0) is 25.3. The number of pyridine rings is 1. The molecule has 0 bridgehead atoms. The third kappa shape index (κ3) is 5.62. The maximum atomic E-state index is 12.9. The van der Waals surface area contributed by atoms with E-state index in [1.165, 1.54) is 8.82 Å². The molecule has 0 atom stereocenters. The third-order valence-electron chi connectivity index (χ3n) is 5.74. The molecule has 35 heavy (non-hydrogen) atoms. The zero-order valence-corrected chi connectivity index (χ0v) is 20.9. The molecule has 1 saturated carbocycles.